The summed E-state index contributed by atoms with van der Waals surface area (Å²) in [4.78, 5) is 0. The van der Waals surface area contributed by atoms with Crippen LogP contribution in [0.4, 0.5) is 17.6 Å². The lowest BCUT2D eigenvalue weighted by Crippen LogP contribution is -2.38. The molecule has 1 aromatic carbocycles. The fraction of sp³-hybridized carbons (Fsp3) is 0.538. The third-order valence-electron chi connectivity index (χ3n) is 2.92. The Morgan fingerprint density at radius 3 is 2.11 bits per heavy atom. The van der Waals surface area contributed by atoms with Crippen molar-refractivity contribution in [1.29, 1.82) is 0 Å². The molecular weight excluding hydrogens is 262 g/mol. The minimum absolute atomic E-state index is 0.697. The lowest BCUT2D eigenvalue weighted by molar-refractivity contribution is -0.139. The molecule has 0 spiro atoms. The van der Waals surface area contributed by atoms with Gasteiger partial charge in [-0.1, -0.05) is 26.8 Å². The second-order valence-electron chi connectivity index (χ2n) is 5.54. The van der Waals surface area contributed by atoms with E-state index in [0.29, 0.717) is 0 Å². The highest BCUT2D eigenvalue weighted by atomic mass is 19.4. The summed E-state index contributed by atoms with van der Waals surface area (Å²) in [6.45, 7) is 4.85. The molecule has 0 heterocycles. The fourth-order valence-corrected chi connectivity index (χ4v) is 1.82. The summed E-state index contributed by atoms with van der Waals surface area (Å²) >= 11 is 0. The van der Waals surface area contributed by atoms with E-state index >= 15 is 0 Å². The zero-order valence-electron chi connectivity index (χ0n) is 10.9. The molecule has 0 saturated heterocycles. The normalized spacial score (nSPS) is 16.3. The molecule has 0 aliphatic heterocycles. The van der Waals surface area contributed by atoms with Crippen molar-refractivity contribution >= 4 is 0 Å². The van der Waals surface area contributed by atoms with Crippen LogP contribution < -0.4 is 5.73 Å². The van der Waals surface area contributed by atoms with Crippen molar-refractivity contribution in [2.75, 3.05) is 0 Å². The van der Waals surface area contributed by atoms with Crippen LogP contribution in [0.25, 0.3) is 0 Å². The maximum atomic E-state index is 13.7. The molecule has 0 fully saturated rings. The summed E-state index contributed by atoms with van der Waals surface area (Å²) in [6, 6.07) is 1.18. The Labute approximate surface area is 109 Å². The topological polar surface area (TPSA) is 46.2 Å². The van der Waals surface area contributed by atoms with Crippen LogP contribution in [0.3, 0.4) is 0 Å². The number of benzene rings is 1. The number of rotatable bonds is 2. The van der Waals surface area contributed by atoms with E-state index in [-0.39, 0.29) is 0 Å². The molecule has 0 bridgehead atoms. The number of nitrogens with two attached hydrogens (primary N) is 1. The number of halogens is 4. The van der Waals surface area contributed by atoms with E-state index in [0.717, 1.165) is 18.2 Å². The molecule has 2 atom stereocenters. The van der Waals surface area contributed by atoms with Gasteiger partial charge in [0, 0.05) is 5.56 Å². The molecular formula is C13H17F4NO. The van der Waals surface area contributed by atoms with Gasteiger partial charge in [0.2, 0.25) is 0 Å². The Balaban J connectivity index is 3.34. The number of alkyl halides is 3. The van der Waals surface area contributed by atoms with Gasteiger partial charge in [0.15, 0.2) is 0 Å². The van der Waals surface area contributed by atoms with Crippen LogP contribution in [0, 0.1) is 11.2 Å². The summed E-state index contributed by atoms with van der Waals surface area (Å²) in [5.74, 6) is -1.06. The van der Waals surface area contributed by atoms with Gasteiger partial charge in [0.1, 0.15) is 5.82 Å². The molecule has 6 heteroatoms. The van der Waals surface area contributed by atoms with E-state index < -0.39 is 40.7 Å². The van der Waals surface area contributed by atoms with E-state index in [1.165, 1.54) is 0 Å². The number of hydrogen-bond donors (Lipinski definition) is 2. The predicted molar refractivity (Wildman–Crippen MR) is 63.8 cm³/mol. The zero-order valence-corrected chi connectivity index (χ0v) is 10.9. The summed E-state index contributed by atoms with van der Waals surface area (Å²) in [5.41, 5.74) is 3.03. The first-order valence-electron chi connectivity index (χ1n) is 5.75. The zero-order chi connectivity index (χ0) is 15.0. The lowest BCUT2D eigenvalue weighted by Gasteiger charge is -2.32. The first kappa shape index (κ1) is 15.9. The van der Waals surface area contributed by atoms with Gasteiger partial charge in [-0.05, 0) is 17.5 Å². The largest absolute Gasteiger partial charge is 0.416 e. The Kier molecular flexibility index (Phi) is 4.27. The molecule has 0 aliphatic rings. The molecule has 1 aromatic rings. The van der Waals surface area contributed by atoms with Gasteiger partial charge in [-0.15, -0.1) is 0 Å². The highest BCUT2D eigenvalue weighted by molar-refractivity contribution is 5.34. The Morgan fingerprint density at radius 2 is 1.68 bits per heavy atom. The van der Waals surface area contributed by atoms with Crippen LogP contribution in [0.1, 0.15) is 37.9 Å². The van der Waals surface area contributed by atoms with Gasteiger partial charge in [-0.2, -0.15) is 13.2 Å². The van der Waals surface area contributed by atoms with E-state index in [9.17, 15) is 22.7 Å². The van der Waals surface area contributed by atoms with E-state index in [2.05, 4.69) is 0 Å². The molecule has 0 unspecified atom stereocenters. The van der Waals surface area contributed by atoms with Gasteiger partial charge >= 0.3 is 6.18 Å². The Morgan fingerprint density at radius 1 is 1.16 bits per heavy atom. The predicted octanol–water partition coefficient (Wildman–Crippen LogP) is 3.25. The van der Waals surface area contributed by atoms with Crippen molar-refractivity contribution in [2.45, 2.75) is 39.1 Å². The molecule has 0 radical (unpaired) electrons. The lowest BCUT2D eigenvalue weighted by atomic mass is 9.81. The molecule has 2 nitrogen and oxygen atoms in total. The van der Waals surface area contributed by atoms with Crippen molar-refractivity contribution in [1.82, 2.24) is 0 Å². The molecule has 0 aliphatic carbocycles. The summed E-state index contributed by atoms with van der Waals surface area (Å²) < 4.78 is 52.2. The summed E-state index contributed by atoms with van der Waals surface area (Å²) in [7, 11) is 0. The van der Waals surface area contributed by atoms with Gasteiger partial charge in [0.05, 0.1) is 17.7 Å². The van der Waals surface area contributed by atoms with Gasteiger partial charge in [-0.3, -0.25) is 0 Å². The van der Waals surface area contributed by atoms with Gasteiger partial charge < -0.3 is 10.8 Å². The Hall–Kier alpha value is -1.14. The molecule has 108 valence electrons. The van der Waals surface area contributed by atoms with Gasteiger partial charge in [-0.25, -0.2) is 4.39 Å². The maximum Gasteiger partial charge on any atom is 0.416 e. The molecule has 19 heavy (non-hydrogen) atoms. The second-order valence-corrected chi connectivity index (χ2v) is 5.54. The van der Waals surface area contributed by atoms with Crippen molar-refractivity contribution in [3.05, 3.63) is 35.1 Å². The van der Waals surface area contributed by atoms with Crippen molar-refractivity contribution in [3.63, 3.8) is 0 Å². The van der Waals surface area contributed by atoms with Crippen LogP contribution in [0.2, 0.25) is 0 Å². The first-order chi connectivity index (χ1) is 8.46. The quantitative estimate of drug-likeness (QED) is 0.816. The smallest absolute Gasteiger partial charge is 0.391 e. The second kappa shape index (κ2) is 5.09. The van der Waals surface area contributed by atoms with Crippen LogP contribution in [0.5, 0.6) is 0 Å². The third-order valence-corrected chi connectivity index (χ3v) is 2.92. The fourth-order valence-electron chi connectivity index (χ4n) is 1.82. The number of aliphatic hydroxyl groups is 1. The SMILES string of the molecule is CC(C)(C)[C@@H](O)[C@@H](N)c1c(F)cccc1C(F)(F)F. The van der Waals surface area contributed by atoms with E-state index in [1.807, 2.05) is 0 Å². The summed E-state index contributed by atoms with van der Waals surface area (Å²) in [6.07, 6.45) is -6.02. The van der Waals surface area contributed by atoms with E-state index in [4.69, 9.17) is 5.73 Å². The Bertz CT molecular complexity index is 451. The minimum Gasteiger partial charge on any atom is -0.391 e. The minimum atomic E-state index is -4.72. The van der Waals surface area contributed by atoms with Crippen LogP contribution >= 0.6 is 0 Å². The van der Waals surface area contributed by atoms with Crippen molar-refractivity contribution in [2.24, 2.45) is 11.1 Å². The number of aliphatic hydroxyl groups excluding tert-OH is 1. The highest BCUT2D eigenvalue weighted by Crippen LogP contribution is 2.38. The molecule has 0 saturated carbocycles. The first-order valence-corrected chi connectivity index (χ1v) is 5.75. The molecule has 1 rings (SSSR count). The molecule has 3 N–H and O–H groups in total. The number of hydrogen-bond acceptors (Lipinski definition) is 2. The van der Waals surface area contributed by atoms with Crippen LogP contribution in [0.15, 0.2) is 18.2 Å². The monoisotopic (exact) mass is 279 g/mol. The molecule has 0 amide bonds. The van der Waals surface area contributed by atoms with Crippen LogP contribution in [-0.2, 0) is 6.18 Å². The van der Waals surface area contributed by atoms with Crippen molar-refractivity contribution < 1.29 is 22.7 Å². The van der Waals surface area contributed by atoms with Crippen molar-refractivity contribution in [3.8, 4) is 0 Å². The van der Waals surface area contributed by atoms with E-state index in [1.54, 1.807) is 20.8 Å². The van der Waals surface area contributed by atoms with Crippen LogP contribution in [-0.4, -0.2) is 11.2 Å². The maximum absolute atomic E-state index is 13.7. The molecule has 0 aromatic heterocycles. The highest BCUT2D eigenvalue weighted by Gasteiger charge is 2.39. The average Bonchev–Trinajstić information content (AvgIpc) is 2.24. The average molecular weight is 279 g/mol. The summed E-state index contributed by atoms with van der Waals surface area (Å²) in [5, 5.41) is 9.96. The third kappa shape index (κ3) is 3.45. The van der Waals surface area contributed by atoms with Gasteiger partial charge in [0.25, 0.3) is 0 Å². The standard InChI is InChI=1S/C13H17F4NO/c1-12(2,3)11(19)10(18)9-7(13(15,16)17)5-4-6-8(9)14/h4-6,10-11,19H,18H2,1-3H3/t10-,11-/m0/s1.